The first-order valence-corrected chi connectivity index (χ1v) is 2.25. The van der Waals surface area contributed by atoms with Crippen molar-refractivity contribution < 1.29 is 0 Å². The molecule has 0 aromatic rings. The number of rotatable bonds is 0. The molecule has 0 bridgehead atoms. The molecule has 3 N–H and O–H groups in total. The minimum atomic E-state index is 0.400. The number of nitrogens with zero attached hydrogens (tertiary/aromatic N) is 1. The summed E-state index contributed by atoms with van der Waals surface area (Å²) in [6, 6.07) is 0. The van der Waals surface area contributed by atoms with E-state index in [1.165, 1.54) is 0 Å². The molecule has 0 saturated carbocycles. The number of nitrogens with two attached hydrogens (primary N) is 1. The molecule has 1 rings (SSSR count). The van der Waals surface area contributed by atoms with Gasteiger partial charge in [-0.25, -0.2) is 4.99 Å². The van der Waals surface area contributed by atoms with Crippen molar-refractivity contribution in [2.24, 2.45) is 10.7 Å². The highest BCUT2D eigenvalue weighted by Crippen LogP contribution is 1.91. The Hall–Kier alpha value is -1.25. The molecule has 0 aromatic heterocycles. The zero-order chi connectivity index (χ0) is 5.98. The minimum absolute atomic E-state index is 0.400. The van der Waals surface area contributed by atoms with Gasteiger partial charge in [-0.3, -0.25) is 0 Å². The maximum atomic E-state index is 5.25. The van der Waals surface area contributed by atoms with E-state index in [2.05, 4.69) is 16.9 Å². The maximum absolute atomic E-state index is 5.25. The van der Waals surface area contributed by atoms with Gasteiger partial charge in [0.15, 0.2) is 5.96 Å². The molecule has 0 aliphatic carbocycles. The van der Waals surface area contributed by atoms with Crippen LogP contribution >= 0.6 is 0 Å². The van der Waals surface area contributed by atoms with Crippen molar-refractivity contribution in [1.82, 2.24) is 5.32 Å². The standard InChI is InChI=1S/C5H7N3/c1-4-2-3-7-5(6)8-4/h2-3H,1H2,(H3,6,7,8). The van der Waals surface area contributed by atoms with Gasteiger partial charge in [0, 0.05) is 11.9 Å². The number of guanidine groups is 1. The molecule has 0 unspecified atom stereocenters. The van der Waals surface area contributed by atoms with Crippen molar-refractivity contribution in [3.8, 4) is 0 Å². The van der Waals surface area contributed by atoms with E-state index in [9.17, 15) is 0 Å². The second-order valence-electron chi connectivity index (χ2n) is 1.48. The molecule has 3 heteroatoms. The van der Waals surface area contributed by atoms with E-state index in [0.29, 0.717) is 5.96 Å². The quantitative estimate of drug-likeness (QED) is 0.457. The second-order valence-corrected chi connectivity index (χ2v) is 1.48. The van der Waals surface area contributed by atoms with Gasteiger partial charge in [-0.2, -0.15) is 0 Å². The van der Waals surface area contributed by atoms with E-state index in [0.717, 1.165) is 5.70 Å². The highest BCUT2D eigenvalue weighted by molar-refractivity contribution is 5.81. The lowest BCUT2D eigenvalue weighted by Crippen LogP contribution is -2.31. The summed E-state index contributed by atoms with van der Waals surface area (Å²) in [7, 11) is 0. The summed E-state index contributed by atoms with van der Waals surface area (Å²) in [5.74, 6) is 0.400. The van der Waals surface area contributed by atoms with Gasteiger partial charge >= 0.3 is 0 Å². The van der Waals surface area contributed by atoms with Crippen LogP contribution in [0.4, 0.5) is 0 Å². The largest absolute Gasteiger partial charge is 0.369 e. The maximum Gasteiger partial charge on any atom is 0.197 e. The van der Waals surface area contributed by atoms with Crippen LogP contribution in [0.1, 0.15) is 0 Å². The number of nitrogens with one attached hydrogen (secondary N) is 1. The predicted octanol–water partition coefficient (Wildman–Crippen LogP) is -0.0683. The molecule has 0 atom stereocenters. The average Bonchev–Trinajstić information content (AvgIpc) is 1.64. The van der Waals surface area contributed by atoms with Crippen LogP contribution in [0.2, 0.25) is 0 Å². The van der Waals surface area contributed by atoms with Gasteiger partial charge in [-0.15, -0.1) is 0 Å². The predicted molar refractivity (Wildman–Crippen MR) is 33.0 cm³/mol. The van der Waals surface area contributed by atoms with E-state index in [1.54, 1.807) is 12.3 Å². The molecular formula is C5H7N3. The van der Waals surface area contributed by atoms with Gasteiger partial charge in [0.1, 0.15) is 0 Å². The van der Waals surface area contributed by atoms with Crippen molar-refractivity contribution in [2.45, 2.75) is 0 Å². The summed E-state index contributed by atoms with van der Waals surface area (Å²) < 4.78 is 0. The zero-order valence-electron chi connectivity index (χ0n) is 4.39. The van der Waals surface area contributed by atoms with E-state index >= 15 is 0 Å². The Morgan fingerprint density at radius 3 is 2.88 bits per heavy atom. The van der Waals surface area contributed by atoms with E-state index < -0.39 is 0 Å². The third-order valence-corrected chi connectivity index (χ3v) is 0.778. The monoisotopic (exact) mass is 109 g/mol. The lowest BCUT2D eigenvalue weighted by Gasteiger charge is -2.05. The SMILES string of the molecule is C=C1C=CN=C(N)N1. The molecule has 0 aromatic carbocycles. The molecule has 0 saturated heterocycles. The highest BCUT2D eigenvalue weighted by Gasteiger charge is 1.93. The van der Waals surface area contributed by atoms with Gasteiger partial charge in [0.25, 0.3) is 0 Å². The Morgan fingerprint density at radius 2 is 2.50 bits per heavy atom. The first-order chi connectivity index (χ1) is 3.79. The minimum Gasteiger partial charge on any atom is -0.369 e. The smallest absolute Gasteiger partial charge is 0.197 e. The van der Waals surface area contributed by atoms with Gasteiger partial charge in [-0.1, -0.05) is 6.58 Å². The normalized spacial score (nSPS) is 17.5. The van der Waals surface area contributed by atoms with Crippen molar-refractivity contribution in [3.05, 3.63) is 24.6 Å². The third-order valence-electron chi connectivity index (χ3n) is 0.778. The van der Waals surface area contributed by atoms with Crippen LogP contribution < -0.4 is 11.1 Å². The van der Waals surface area contributed by atoms with Crippen molar-refractivity contribution in [2.75, 3.05) is 0 Å². The molecule has 42 valence electrons. The van der Waals surface area contributed by atoms with Crippen LogP contribution in [0.15, 0.2) is 29.5 Å². The lowest BCUT2D eigenvalue weighted by atomic mass is 10.4. The topological polar surface area (TPSA) is 50.4 Å². The Bertz CT molecular complexity index is 167. The molecule has 3 nitrogen and oxygen atoms in total. The Balaban J connectivity index is 2.73. The average molecular weight is 109 g/mol. The first kappa shape index (κ1) is 4.90. The first-order valence-electron chi connectivity index (χ1n) is 2.25. The lowest BCUT2D eigenvalue weighted by molar-refractivity contribution is 1.12. The third kappa shape index (κ3) is 0.872. The molecule has 1 aliphatic rings. The second kappa shape index (κ2) is 1.69. The summed E-state index contributed by atoms with van der Waals surface area (Å²) in [5, 5.41) is 2.73. The van der Waals surface area contributed by atoms with Crippen molar-refractivity contribution >= 4 is 5.96 Å². The number of aliphatic imine (C=N–C) groups is 1. The summed E-state index contributed by atoms with van der Waals surface area (Å²) in [5.41, 5.74) is 6.03. The summed E-state index contributed by atoms with van der Waals surface area (Å²) in [4.78, 5) is 3.72. The number of allylic oxidation sites excluding steroid dienone is 1. The van der Waals surface area contributed by atoms with Gasteiger partial charge in [0.2, 0.25) is 0 Å². The van der Waals surface area contributed by atoms with Gasteiger partial charge in [0.05, 0.1) is 0 Å². The van der Waals surface area contributed by atoms with E-state index in [4.69, 9.17) is 5.73 Å². The summed E-state index contributed by atoms with van der Waals surface area (Å²) >= 11 is 0. The van der Waals surface area contributed by atoms with Crippen LogP contribution in [0.25, 0.3) is 0 Å². The van der Waals surface area contributed by atoms with Gasteiger partial charge in [-0.05, 0) is 6.08 Å². The molecule has 1 heterocycles. The summed E-state index contributed by atoms with van der Waals surface area (Å²) in [6.07, 6.45) is 3.35. The number of hydrogen-bond donors (Lipinski definition) is 2. The molecule has 8 heavy (non-hydrogen) atoms. The molecule has 1 aliphatic heterocycles. The van der Waals surface area contributed by atoms with Crippen LogP contribution in [-0.4, -0.2) is 5.96 Å². The fourth-order valence-electron chi connectivity index (χ4n) is 0.446. The van der Waals surface area contributed by atoms with Crippen LogP contribution in [0.5, 0.6) is 0 Å². The molecule has 0 radical (unpaired) electrons. The van der Waals surface area contributed by atoms with Crippen molar-refractivity contribution in [1.29, 1.82) is 0 Å². The number of hydrogen-bond acceptors (Lipinski definition) is 3. The molecule has 0 amide bonds. The van der Waals surface area contributed by atoms with E-state index in [1.807, 2.05) is 0 Å². The Morgan fingerprint density at radius 1 is 1.75 bits per heavy atom. The summed E-state index contributed by atoms with van der Waals surface area (Å²) in [6.45, 7) is 3.61. The van der Waals surface area contributed by atoms with Crippen LogP contribution in [-0.2, 0) is 0 Å². The van der Waals surface area contributed by atoms with Gasteiger partial charge < -0.3 is 11.1 Å². The molecular weight excluding hydrogens is 102 g/mol. The Kier molecular flexibility index (Phi) is 1.04. The van der Waals surface area contributed by atoms with E-state index in [-0.39, 0.29) is 0 Å². The Labute approximate surface area is 47.6 Å². The fourth-order valence-corrected chi connectivity index (χ4v) is 0.446. The highest BCUT2D eigenvalue weighted by atomic mass is 15.1. The fraction of sp³-hybridized carbons (Fsp3) is 0. The van der Waals surface area contributed by atoms with Crippen molar-refractivity contribution in [3.63, 3.8) is 0 Å². The molecule has 0 spiro atoms. The van der Waals surface area contributed by atoms with Crippen LogP contribution in [0.3, 0.4) is 0 Å². The van der Waals surface area contributed by atoms with Crippen LogP contribution in [0, 0.1) is 0 Å². The molecule has 0 fully saturated rings. The zero-order valence-corrected chi connectivity index (χ0v) is 4.39.